The predicted octanol–water partition coefficient (Wildman–Crippen LogP) is 3.16. The van der Waals surface area contributed by atoms with Crippen LogP contribution < -0.4 is 5.32 Å². The lowest BCUT2D eigenvalue weighted by Gasteiger charge is -2.06. The minimum atomic E-state index is -0.339. The van der Waals surface area contributed by atoms with Crippen LogP contribution in [0.1, 0.15) is 25.3 Å². The van der Waals surface area contributed by atoms with Crippen molar-refractivity contribution in [3.63, 3.8) is 0 Å². The Kier molecular flexibility index (Phi) is 7.04. The number of nitrogens with one attached hydrogen (secondary N) is 1. The second-order valence-corrected chi connectivity index (χ2v) is 7.70. The molecule has 1 N–H and O–H groups in total. The van der Waals surface area contributed by atoms with Gasteiger partial charge in [0.2, 0.25) is 5.91 Å². The van der Waals surface area contributed by atoms with Crippen molar-refractivity contribution in [2.45, 2.75) is 38.9 Å². The molecule has 0 saturated heterocycles. The zero-order valence-corrected chi connectivity index (χ0v) is 17.9. The van der Waals surface area contributed by atoms with Gasteiger partial charge >= 0.3 is 5.97 Å². The van der Waals surface area contributed by atoms with Gasteiger partial charge in [-0.3, -0.25) is 9.59 Å². The normalized spacial score (nSPS) is 10.9. The highest BCUT2D eigenvalue weighted by molar-refractivity contribution is 7.99. The number of thiazole rings is 1. The fourth-order valence-electron chi connectivity index (χ4n) is 2.59. The summed E-state index contributed by atoms with van der Waals surface area (Å²) in [5, 5.41) is 14.0. The number of thioether (sulfide) groups is 1. The molecule has 11 heteroatoms. The molecule has 3 heterocycles. The summed E-state index contributed by atoms with van der Waals surface area (Å²) in [4.78, 5) is 28.0. The molecule has 0 unspecified atom stereocenters. The van der Waals surface area contributed by atoms with Gasteiger partial charge in [0.15, 0.2) is 16.1 Å². The number of aromatic nitrogens is 4. The van der Waals surface area contributed by atoms with Crippen molar-refractivity contribution in [1.82, 2.24) is 19.7 Å². The van der Waals surface area contributed by atoms with Crippen molar-refractivity contribution in [3.05, 3.63) is 29.2 Å². The van der Waals surface area contributed by atoms with E-state index in [1.165, 1.54) is 23.1 Å². The third-order valence-electron chi connectivity index (χ3n) is 3.89. The summed E-state index contributed by atoms with van der Waals surface area (Å²) >= 11 is 2.56. The van der Waals surface area contributed by atoms with Crippen molar-refractivity contribution in [1.29, 1.82) is 0 Å². The van der Waals surface area contributed by atoms with Crippen LogP contribution in [0.3, 0.4) is 0 Å². The van der Waals surface area contributed by atoms with E-state index in [-0.39, 0.29) is 24.1 Å². The monoisotopic (exact) mass is 435 g/mol. The van der Waals surface area contributed by atoms with Crippen LogP contribution in [0.15, 0.2) is 27.3 Å². The van der Waals surface area contributed by atoms with Gasteiger partial charge in [-0.05, 0) is 26.8 Å². The Morgan fingerprint density at radius 2 is 2.17 bits per heavy atom. The number of furan rings is 1. The van der Waals surface area contributed by atoms with Crippen molar-refractivity contribution >= 4 is 40.1 Å². The topological polar surface area (TPSA) is 112 Å². The van der Waals surface area contributed by atoms with Gasteiger partial charge in [0.1, 0.15) is 5.76 Å². The van der Waals surface area contributed by atoms with Crippen LogP contribution in [0.5, 0.6) is 0 Å². The Bertz CT molecular complexity index is 994. The number of amides is 1. The molecule has 0 aromatic carbocycles. The van der Waals surface area contributed by atoms with Crippen LogP contribution in [0.2, 0.25) is 0 Å². The second-order valence-electron chi connectivity index (χ2n) is 5.90. The number of carbonyl (C=O) groups excluding carboxylic acids is 2. The molecule has 0 atom stereocenters. The number of hydrogen-bond donors (Lipinski definition) is 1. The van der Waals surface area contributed by atoms with E-state index in [0.717, 1.165) is 11.3 Å². The predicted molar refractivity (Wildman–Crippen MR) is 110 cm³/mol. The third-order valence-corrected chi connectivity index (χ3v) is 5.67. The highest BCUT2D eigenvalue weighted by Gasteiger charge is 2.18. The molecule has 0 bridgehead atoms. The molecule has 0 radical (unpaired) electrons. The number of esters is 1. The molecule has 3 rings (SSSR count). The zero-order chi connectivity index (χ0) is 20.8. The van der Waals surface area contributed by atoms with Gasteiger partial charge in [0.05, 0.1) is 36.3 Å². The van der Waals surface area contributed by atoms with Gasteiger partial charge < -0.3 is 19.0 Å². The number of aryl methyl sites for hydroxylation is 1. The highest BCUT2D eigenvalue weighted by atomic mass is 32.2. The van der Waals surface area contributed by atoms with Crippen LogP contribution in [-0.4, -0.2) is 44.0 Å². The second kappa shape index (κ2) is 9.70. The minimum Gasteiger partial charge on any atom is -0.469 e. The Labute approximate surface area is 175 Å². The standard InChI is InChI=1S/C18H21N5O4S2/c1-4-23-16(13-6-7-27-11(13)3)21-22-18(23)29-10-14(24)20-17-19-12(9-28-17)8-15(25)26-5-2/h6-7,9H,4-5,8,10H2,1-3H3,(H,19,20,24). The van der Waals surface area contributed by atoms with Crippen molar-refractivity contribution < 1.29 is 18.7 Å². The lowest BCUT2D eigenvalue weighted by atomic mass is 10.2. The van der Waals surface area contributed by atoms with E-state index in [2.05, 4.69) is 20.5 Å². The third kappa shape index (κ3) is 5.24. The number of anilines is 1. The average Bonchev–Trinajstić information content (AvgIpc) is 3.40. The molecule has 0 saturated carbocycles. The maximum atomic E-state index is 12.3. The summed E-state index contributed by atoms with van der Waals surface area (Å²) in [6.07, 6.45) is 1.70. The van der Waals surface area contributed by atoms with E-state index >= 15 is 0 Å². The van der Waals surface area contributed by atoms with E-state index < -0.39 is 0 Å². The summed E-state index contributed by atoms with van der Waals surface area (Å²) in [5.74, 6) is 1.09. The first kappa shape index (κ1) is 21.1. The van der Waals surface area contributed by atoms with E-state index in [1.54, 1.807) is 18.6 Å². The number of carbonyl (C=O) groups is 2. The van der Waals surface area contributed by atoms with Crippen LogP contribution in [0.25, 0.3) is 11.4 Å². The number of ether oxygens (including phenoxy) is 1. The number of rotatable bonds is 9. The van der Waals surface area contributed by atoms with Gasteiger partial charge in [0, 0.05) is 11.9 Å². The van der Waals surface area contributed by atoms with Crippen molar-refractivity contribution in [2.24, 2.45) is 0 Å². The summed E-state index contributed by atoms with van der Waals surface area (Å²) in [7, 11) is 0. The summed E-state index contributed by atoms with van der Waals surface area (Å²) in [5.41, 5.74) is 1.45. The summed E-state index contributed by atoms with van der Waals surface area (Å²) < 4.78 is 12.2. The Hall–Kier alpha value is -2.66. The molecule has 0 aliphatic carbocycles. The average molecular weight is 436 g/mol. The first-order valence-electron chi connectivity index (χ1n) is 9.02. The van der Waals surface area contributed by atoms with Crippen LogP contribution in [-0.2, 0) is 27.3 Å². The molecule has 3 aromatic heterocycles. The van der Waals surface area contributed by atoms with Gasteiger partial charge in [-0.2, -0.15) is 0 Å². The molecular weight excluding hydrogens is 414 g/mol. The van der Waals surface area contributed by atoms with Crippen molar-refractivity contribution in [2.75, 3.05) is 17.7 Å². The quantitative estimate of drug-likeness (QED) is 0.403. The Morgan fingerprint density at radius 3 is 2.86 bits per heavy atom. The fraction of sp³-hybridized carbons (Fsp3) is 0.389. The van der Waals surface area contributed by atoms with E-state index in [9.17, 15) is 9.59 Å². The van der Waals surface area contributed by atoms with Gasteiger partial charge in [-0.25, -0.2) is 4.98 Å². The zero-order valence-electron chi connectivity index (χ0n) is 16.3. The Morgan fingerprint density at radius 1 is 1.34 bits per heavy atom. The molecule has 29 heavy (non-hydrogen) atoms. The molecule has 3 aromatic rings. The van der Waals surface area contributed by atoms with Crippen molar-refractivity contribution in [3.8, 4) is 11.4 Å². The molecular formula is C18H21N5O4S2. The Balaban J connectivity index is 1.58. The smallest absolute Gasteiger partial charge is 0.311 e. The molecule has 0 fully saturated rings. The molecule has 154 valence electrons. The molecule has 0 aliphatic heterocycles. The van der Waals surface area contributed by atoms with Gasteiger partial charge in [-0.15, -0.1) is 21.5 Å². The first-order valence-corrected chi connectivity index (χ1v) is 10.9. The van der Waals surface area contributed by atoms with E-state index in [0.29, 0.717) is 35.0 Å². The maximum Gasteiger partial charge on any atom is 0.311 e. The van der Waals surface area contributed by atoms with Crippen LogP contribution >= 0.6 is 23.1 Å². The number of hydrogen-bond acceptors (Lipinski definition) is 9. The lowest BCUT2D eigenvalue weighted by Crippen LogP contribution is -2.15. The van der Waals surface area contributed by atoms with Crippen LogP contribution in [0.4, 0.5) is 5.13 Å². The largest absolute Gasteiger partial charge is 0.469 e. The minimum absolute atomic E-state index is 0.0881. The van der Waals surface area contributed by atoms with Gasteiger partial charge in [0.25, 0.3) is 0 Å². The maximum absolute atomic E-state index is 12.3. The summed E-state index contributed by atoms with van der Waals surface area (Å²) in [6, 6.07) is 1.85. The molecule has 0 aliphatic rings. The molecule has 1 amide bonds. The van der Waals surface area contributed by atoms with E-state index in [4.69, 9.17) is 9.15 Å². The summed E-state index contributed by atoms with van der Waals surface area (Å²) in [6.45, 7) is 6.61. The van der Waals surface area contributed by atoms with E-state index in [1.807, 2.05) is 24.5 Å². The highest BCUT2D eigenvalue weighted by Crippen LogP contribution is 2.27. The van der Waals surface area contributed by atoms with Crippen LogP contribution in [0, 0.1) is 6.92 Å². The SMILES string of the molecule is CCOC(=O)Cc1csc(NC(=O)CSc2nnc(-c3ccoc3C)n2CC)n1. The molecule has 9 nitrogen and oxygen atoms in total. The molecule has 0 spiro atoms. The lowest BCUT2D eigenvalue weighted by molar-refractivity contribution is -0.142. The number of nitrogens with zero attached hydrogens (tertiary/aromatic N) is 4. The fourth-order valence-corrected chi connectivity index (χ4v) is 4.12. The first-order chi connectivity index (χ1) is 14.0. The van der Waals surface area contributed by atoms with Gasteiger partial charge in [-0.1, -0.05) is 11.8 Å².